The van der Waals surface area contributed by atoms with Crippen LogP contribution in [-0.4, -0.2) is 24.1 Å². The molecule has 124 valence electrons. The minimum Gasteiger partial charge on any atom is -0.872 e. The van der Waals surface area contributed by atoms with Gasteiger partial charge in [-0.15, -0.1) is 5.75 Å². The highest BCUT2D eigenvalue weighted by atomic mass is 35.5. The van der Waals surface area contributed by atoms with Crippen molar-refractivity contribution < 1.29 is 24.5 Å². The van der Waals surface area contributed by atoms with Crippen LogP contribution < -0.4 is 15.2 Å². The van der Waals surface area contributed by atoms with Crippen LogP contribution in [0.15, 0.2) is 42.5 Å². The number of nitrogens with one attached hydrogen (secondary N) is 1. The Morgan fingerprint density at radius 2 is 2.00 bits per heavy atom. The Balaban J connectivity index is 2.20. The van der Waals surface area contributed by atoms with Crippen LogP contribution in [0.2, 0.25) is 5.02 Å². The van der Waals surface area contributed by atoms with Gasteiger partial charge < -0.3 is 20.3 Å². The summed E-state index contributed by atoms with van der Waals surface area (Å²) in [6.45, 7) is 0. The van der Waals surface area contributed by atoms with Crippen molar-refractivity contribution in [2.24, 2.45) is 0 Å². The van der Waals surface area contributed by atoms with Gasteiger partial charge in [0.05, 0.1) is 18.4 Å². The number of ether oxygens (including phenoxy) is 1. The minimum absolute atomic E-state index is 0.0369. The number of carbonyl (C=O) groups excluding carboxylic acids is 1. The van der Waals surface area contributed by atoms with Crippen LogP contribution >= 0.6 is 11.6 Å². The van der Waals surface area contributed by atoms with E-state index in [0.29, 0.717) is 16.3 Å². The van der Waals surface area contributed by atoms with Gasteiger partial charge in [0.25, 0.3) is 0 Å². The molecule has 6 nitrogen and oxygen atoms in total. The van der Waals surface area contributed by atoms with Gasteiger partial charge in [0.15, 0.2) is 0 Å². The van der Waals surface area contributed by atoms with E-state index < -0.39 is 17.6 Å². The fourth-order valence-corrected chi connectivity index (χ4v) is 2.17. The lowest BCUT2D eigenvalue weighted by Crippen LogP contribution is -2.12. The van der Waals surface area contributed by atoms with E-state index in [1.807, 2.05) is 0 Å². The van der Waals surface area contributed by atoms with Gasteiger partial charge in [0.1, 0.15) is 5.75 Å². The number of anilines is 1. The molecule has 0 atom stereocenters. The number of hydrogen-bond acceptors (Lipinski definition) is 4. The third kappa shape index (κ3) is 4.27. The number of carboxylic acid groups (broad SMARTS) is 1. The molecule has 0 spiro atoms. The first-order chi connectivity index (χ1) is 11.4. The molecule has 0 aliphatic heterocycles. The molecule has 2 aromatic carbocycles. The topological polar surface area (TPSA) is 98.7 Å². The Morgan fingerprint density at radius 3 is 2.67 bits per heavy atom. The Labute approximate surface area is 143 Å². The Bertz CT molecular complexity index is 817. The molecule has 0 fully saturated rings. The quantitative estimate of drug-likeness (QED) is 0.811. The summed E-state index contributed by atoms with van der Waals surface area (Å²) < 4.78 is 5.16. The van der Waals surface area contributed by atoms with Gasteiger partial charge in [-0.3, -0.25) is 4.79 Å². The van der Waals surface area contributed by atoms with Crippen molar-refractivity contribution in [1.82, 2.24) is 0 Å². The lowest BCUT2D eigenvalue weighted by atomic mass is 10.1. The monoisotopic (exact) mass is 346 g/mol. The van der Waals surface area contributed by atoms with Crippen LogP contribution in [0.4, 0.5) is 5.69 Å². The largest absolute Gasteiger partial charge is 0.872 e. The first-order valence-electron chi connectivity index (χ1n) is 6.77. The summed E-state index contributed by atoms with van der Waals surface area (Å²) >= 11 is 5.90. The molecule has 2 aromatic rings. The fourth-order valence-electron chi connectivity index (χ4n) is 1.98. The fraction of sp³-hybridized carbons (Fsp3) is 0.0588. The number of methoxy groups -OCH3 is 1. The van der Waals surface area contributed by atoms with E-state index >= 15 is 0 Å². The van der Waals surface area contributed by atoms with E-state index in [-0.39, 0.29) is 11.3 Å². The van der Waals surface area contributed by atoms with Gasteiger partial charge in [-0.1, -0.05) is 23.7 Å². The molecule has 0 aromatic heterocycles. The van der Waals surface area contributed by atoms with Crippen molar-refractivity contribution in [1.29, 1.82) is 0 Å². The molecule has 1 amide bonds. The molecule has 2 N–H and O–H groups in total. The van der Waals surface area contributed by atoms with Gasteiger partial charge in [-0.05, 0) is 30.3 Å². The van der Waals surface area contributed by atoms with Gasteiger partial charge in [-0.25, -0.2) is 4.79 Å². The summed E-state index contributed by atoms with van der Waals surface area (Å²) in [6.07, 6.45) is 2.70. The predicted octanol–water partition coefficient (Wildman–Crippen LogP) is 2.77. The lowest BCUT2D eigenvalue weighted by Gasteiger charge is -2.11. The molecular formula is C17H13ClNO5-. The second kappa shape index (κ2) is 7.52. The van der Waals surface area contributed by atoms with Crippen molar-refractivity contribution in [3.63, 3.8) is 0 Å². The summed E-state index contributed by atoms with van der Waals surface area (Å²) in [5, 5.41) is 23.2. The third-order valence-electron chi connectivity index (χ3n) is 3.09. The zero-order valence-electron chi connectivity index (χ0n) is 12.6. The van der Waals surface area contributed by atoms with Crippen molar-refractivity contribution in [3.8, 4) is 11.5 Å². The number of carbonyl (C=O) groups is 2. The molecule has 0 bridgehead atoms. The molecule has 0 heterocycles. The van der Waals surface area contributed by atoms with Crippen LogP contribution in [0, 0.1) is 0 Å². The highest BCUT2D eigenvalue weighted by Gasteiger charge is 2.11. The zero-order valence-corrected chi connectivity index (χ0v) is 13.3. The highest BCUT2D eigenvalue weighted by molar-refractivity contribution is 6.30. The van der Waals surface area contributed by atoms with Crippen molar-refractivity contribution in [2.45, 2.75) is 0 Å². The maximum atomic E-state index is 12.0. The first-order valence-corrected chi connectivity index (χ1v) is 7.15. The number of rotatable bonds is 5. The summed E-state index contributed by atoms with van der Waals surface area (Å²) in [5.41, 5.74) is 0.355. The van der Waals surface area contributed by atoms with Crippen LogP contribution in [-0.2, 0) is 4.79 Å². The van der Waals surface area contributed by atoms with E-state index in [4.69, 9.17) is 21.4 Å². The number of amides is 1. The second-order valence-corrected chi connectivity index (χ2v) is 5.16. The van der Waals surface area contributed by atoms with Crippen molar-refractivity contribution in [3.05, 3.63) is 58.6 Å². The van der Waals surface area contributed by atoms with Gasteiger partial charge in [-0.2, -0.15) is 0 Å². The van der Waals surface area contributed by atoms with E-state index in [0.717, 1.165) is 6.07 Å². The van der Waals surface area contributed by atoms with E-state index in [1.54, 1.807) is 18.2 Å². The number of benzene rings is 2. The van der Waals surface area contributed by atoms with E-state index in [1.165, 1.54) is 31.4 Å². The molecule has 0 saturated heterocycles. The van der Waals surface area contributed by atoms with Gasteiger partial charge in [0.2, 0.25) is 5.91 Å². The molecule has 0 unspecified atom stereocenters. The van der Waals surface area contributed by atoms with Crippen LogP contribution in [0.5, 0.6) is 11.5 Å². The third-order valence-corrected chi connectivity index (χ3v) is 3.32. The summed E-state index contributed by atoms with van der Waals surface area (Å²) in [7, 11) is 1.49. The first kappa shape index (κ1) is 17.4. The molecule has 0 radical (unpaired) electrons. The van der Waals surface area contributed by atoms with Crippen LogP contribution in [0.1, 0.15) is 15.9 Å². The molecular weight excluding hydrogens is 334 g/mol. The summed E-state index contributed by atoms with van der Waals surface area (Å²) in [6, 6.07) is 8.31. The smallest absolute Gasteiger partial charge is 0.337 e. The lowest BCUT2D eigenvalue weighted by molar-refractivity contribution is -0.268. The molecule has 0 aliphatic rings. The van der Waals surface area contributed by atoms with E-state index in [2.05, 4.69) is 5.32 Å². The average molecular weight is 347 g/mol. The Hall–Kier alpha value is -2.99. The molecule has 0 aliphatic carbocycles. The standard InChI is InChI=1S/C17H14ClNO5/c1-24-15-6-3-11(18)8-10(15)2-7-16(21)19-14-5-4-12(20)9-13(14)17(22)23/h2-9,20H,1H3,(H,19,21)(H,22,23)/p-1/b7-2+. The van der Waals surface area contributed by atoms with Crippen LogP contribution in [0.3, 0.4) is 0 Å². The van der Waals surface area contributed by atoms with Crippen molar-refractivity contribution >= 4 is 35.2 Å². The second-order valence-electron chi connectivity index (χ2n) is 4.72. The summed E-state index contributed by atoms with van der Waals surface area (Å²) in [5.74, 6) is -1.78. The minimum atomic E-state index is -1.30. The molecule has 0 saturated carbocycles. The Kier molecular flexibility index (Phi) is 5.44. The number of aromatic carboxylic acids is 1. The maximum absolute atomic E-state index is 12.0. The number of halogens is 1. The average Bonchev–Trinajstić information content (AvgIpc) is 2.54. The summed E-state index contributed by atoms with van der Waals surface area (Å²) in [4.78, 5) is 23.1. The zero-order chi connectivity index (χ0) is 17.7. The number of hydrogen-bond donors (Lipinski definition) is 2. The van der Waals surface area contributed by atoms with Crippen molar-refractivity contribution in [2.75, 3.05) is 12.4 Å². The number of carboxylic acids is 1. The predicted molar refractivity (Wildman–Crippen MR) is 88.5 cm³/mol. The van der Waals surface area contributed by atoms with E-state index in [9.17, 15) is 14.7 Å². The molecule has 24 heavy (non-hydrogen) atoms. The Morgan fingerprint density at radius 1 is 1.25 bits per heavy atom. The normalized spacial score (nSPS) is 10.6. The molecule has 7 heteroatoms. The maximum Gasteiger partial charge on any atom is 0.337 e. The van der Waals surface area contributed by atoms with Gasteiger partial charge >= 0.3 is 5.97 Å². The molecule has 2 rings (SSSR count). The highest BCUT2D eigenvalue weighted by Crippen LogP contribution is 2.24. The van der Waals surface area contributed by atoms with Crippen LogP contribution in [0.25, 0.3) is 6.08 Å². The van der Waals surface area contributed by atoms with Gasteiger partial charge in [0, 0.05) is 16.7 Å². The SMILES string of the molecule is COc1ccc(Cl)cc1/C=C/C(=O)Nc1ccc([O-])cc1C(=O)O.